The molecule has 1 heterocycles. The van der Waals surface area contributed by atoms with Crippen molar-refractivity contribution in [3.8, 4) is 5.75 Å². The summed E-state index contributed by atoms with van der Waals surface area (Å²) in [6.07, 6.45) is 4.47. The minimum absolute atomic E-state index is 0.200. The average molecular weight is 175 g/mol. The van der Waals surface area contributed by atoms with Gasteiger partial charge in [-0.15, -0.1) is 0 Å². The number of hydrogen-bond donors (Lipinski definition) is 2. The van der Waals surface area contributed by atoms with E-state index in [-0.39, 0.29) is 11.8 Å². The lowest BCUT2D eigenvalue weighted by atomic mass is 10.1. The van der Waals surface area contributed by atoms with E-state index < -0.39 is 0 Å². The number of phenols is 1. The molecule has 2 rings (SSSR count). The summed E-state index contributed by atoms with van der Waals surface area (Å²) in [7, 11) is 0. The van der Waals surface area contributed by atoms with Crippen molar-refractivity contribution in [1.82, 2.24) is 0 Å². The fourth-order valence-corrected chi connectivity index (χ4v) is 1.33. The van der Waals surface area contributed by atoms with E-state index in [1.807, 2.05) is 6.08 Å². The molecule has 3 nitrogen and oxygen atoms in total. The van der Waals surface area contributed by atoms with Crippen molar-refractivity contribution in [2.45, 2.75) is 6.04 Å². The number of anilines is 1. The fraction of sp³-hybridized carbons (Fsp3) is 0.100. The van der Waals surface area contributed by atoms with E-state index in [0.29, 0.717) is 0 Å². The Morgan fingerprint density at radius 1 is 1.46 bits per heavy atom. The summed E-state index contributed by atoms with van der Waals surface area (Å²) in [4.78, 5) is 10.5. The monoisotopic (exact) mass is 175 g/mol. The third-order valence-electron chi connectivity index (χ3n) is 1.99. The van der Waals surface area contributed by atoms with Crippen LogP contribution in [0.1, 0.15) is 5.56 Å². The number of carbonyl (C=O) groups is 1. The van der Waals surface area contributed by atoms with Crippen LogP contribution in [0.2, 0.25) is 0 Å². The molecule has 13 heavy (non-hydrogen) atoms. The largest absolute Gasteiger partial charge is 0.508 e. The van der Waals surface area contributed by atoms with Crippen molar-refractivity contribution >= 4 is 18.0 Å². The smallest absolute Gasteiger partial charge is 0.146 e. The molecule has 2 N–H and O–H groups in total. The van der Waals surface area contributed by atoms with Crippen molar-refractivity contribution in [3.63, 3.8) is 0 Å². The van der Waals surface area contributed by atoms with Gasteiger partial charge in [0.1, 0.15) is 18.1 Å². The summed E-state index contributed by atoms with van der Waals surface area (Å²) in [5.74, 6) is 0.200. The van der Waals surface area contributed by atoms with Crippen LogP contribution in [0, 0.1) is 0 Å². The molecule has 0 amide bonds. The standard InChI is InChI=1S/C10H9NO2/c12-6-8-3-1-7-2-4-9(13)5-10(7)11-8/h1-6,8,11,13H. The molecule has 0 spiro atoms. The van der Waals surface area contributed by atoms with Gasteiger partial charge in [-0.2, -0.15) is 0 Å². The Morgan fingerprint density at radius 3 is 3.08 bits per heavy atom. The van der Waals surface area contributed by atoms with E-state index in [4.69, 9.17) is 0 Å². The molecule has 0 aromatic heterocycles. The van der Waals surface area contributed by atoms with Crippen molar-refractivity contribution in [2.24, 2.45) is 0 Å². The highest BCUT2D eigenvalue weighted by Crippen LogP contribution is 2.26. The quantitative estimate of drug-likeness (QED) is 0.634. The number of aromatic hydroxyl groups is 1. The summed E-state index contributed by atoms with van der Waals surface area (Å²) >= 11 is 0. The highest BCUT2D eigenvalue weighted by Gasteiger charge is 2.11. The molecule has 1 unspecified atom stereocenters. The van der Waals surface area contributed by atoms with Gasteiger partial charge in [0.15, 0.2) is 0 Å². The summed E-state index contributed by atoms with van der Waals surface area (Å²) in [5.41, 5.74) is 1.77. The second-order valence-corrected chi connectivity index (χ2v) is 2.94. The molecule has 0 fully saturated rings. The minimum atomic E-state index is -0.283. The van der Waals surface area contributed by atoms with Gasteiger partial charge < -0.3 is 15.2 Å². The number of benzene rings is 1. The highest BCUT2D eigenvalue weighted by molar-refractivity contribution is 5.79. The molecule has 1 aromatic carbocycles. The first-order chi connectivity index (χ1) is 6.29. The molecule has 1 atom stereocenters. The zero-order valence-corrected chi connectivity index (χ0v) is 6.90. The SMILES string of the molecule is O=CC1C=Cc2ccc(O)cc2N1. The van der Waals surface area contributed by atoms with Crippen molar-refractivity contribution in [1.29, 1.82) is 0 Å². The molecular formula is C10H9NO2. The third-order valence-corrected chi connectivity index (χ3v) is 1.99. The maximum absolute atomic E-state index is 10.5. The van der Waals surface area contributed by atoms with Crippen LogP contribution in [0.15, 0.2) is 24.3 Å². The molecule has 0 bridgehead atoms. The van der Waals surface area contributed by atoms with E-state index in [1.54, 1.807) is 24.3 Å². The molecule has 1 aromatic rings. The van der Waals surface area contributed by atoms with Crippen LogP contribution < -0.4 is 5.32 Å². The maximum atomic E-state index is 10.5. The number of carbonyl (C=O) groups excluding carboxylic acids is 1. The van der Waals surface area contributed by atoms with Crippen LogP contribution in [0.25, 0.3) is 6.08 Å². The Balaban J connectivity index is 2.41. The first kappa shape index (κ1) is 7.86. The third kappa shape index (κ3) is 1.40. The zero-order chi connectivity index (χ0) is 9.26. The summed E-state index contributed by atoms with van der Waals surface area (Å²) < 4.78 is 0. The van der Waals surface area contributed by atoms with Crippen molar-refractivity contribution < 1.29 is 9.90 Å². The van der Waals surface area contributed by atoms with Gasteiger partial charge in [0.2, 0.25) is 0 Å². The Hall–Kier alpha value is -1.77. The van der Waals surface area contributed by atoms with E-state index in [1.165, 1.54) is 0 Å². The molecule has 0 radical (unpaired) electrons. The van der Waals surface area contributed by atoms with Gasteiger partial charge in [0.05, 0.1) is 0 Å². The topological polar surface area (TPSA) is 49.3 Å². The van der Waals surface area contributed by atoms with Gasteiger partial charge >= 0.3 is 0 Å². The van der Waals surface area contributed by atoms with Crippen LogP contribution in [0.5, 0.6) is 5.75 Å². The Kier molecular flexibility index (Phi) is 1.77. The average Bonchev–Trinajstić information content (AvgIpc) is 2.16. The zero-order valence-electron chi connectivity index (χ0n) is 6.90. The van der Waals surface area contributed by atoms with E-state index in [9.17, 15) is 9.90 Å². The summed E-state index contributed by atoms with van der Waals surface area (Å²) in [6, 6.07) is 4.74. The summed E-state index contributed by atoms with van der Waals surface area (Å²) in [6.45, 7) is 0. The van der Waals surface area contributed by atoms with Crippen LogP contribution in [0.3, 0.4) is 0 Å². The molecule has 0 aliphatic carbocycles. The second kappa shape index (κ2) is 2.94. The van der Waals surface area contributed by atoms with Gasteiger partial charge in [-0.1, -0.05) is 12.2 Å². The van der Waals surface area contributed by atoms with Crippen LogP contribution in [-0.2, 0) is 4.79 Å². The molecule has 0 saturated heterocycles. The van der Waals surface area contributed by atoms with Crippen molar-refractivity contribution in [3.05, 3.63) is 29.8 Å². The van der Waals surface area contributed by atoms with Crippen LogP contribution in [0.4, 0.5) is 5.69 Å². The van der Waals surface area contributed by atoms with Gasteiger partial charge in [0, 0.05) is 11.8 Å². The van der Waals surface area contributed by atoms with Crippen LogP contribution >= 0.6 is 0 Å². The van der Waals surface area contributed by atoms with Gasteiger partial charge in [-0.25, -0.2) is 0 Å². The van der Waals surface area contributed by atoms with Gasteiger partial charge in [0.25, 0.3) is 0 Å². The predicted octanol–water partition coefficient (Wildman–Crippen LogP) is 1.40. The molecule has 1 aliphatic heterocycles. The number of aldehydes is 1. The number of nitrogens with one attached hydrogen (secondary N) is 1. The van der Waals surface area contributed by atoms with E-state index >= 15 is 0 Å². The highest BCUT2D eigenvalue weighted by atomic mass is 16.3. The fourth-order valence-electron chi connectivity index (χ4n) is 1.33. The van der Waals surface area contributed by atoms with Gasteiger partial charge in [-0.3, -0.25) is 0 Å². The van der Waals surface area contributed by atoms with E-state index in [0.717, 1.165) is 17.5 Å². The number of hydrogen-bond acceptors (Lipinski definition) is 3. The Bertz CT molecular complexity index is 371. The van der Waals surface area contributed by atoms with Crippen molar-refractivity contribution in [2.75, 3.05) is 5.32 Å². The Morgan fingerprint density at radius 2 is 2.31 bits per heavy atom. The minimum Gasteiger partial charge on any atom is -0.508 e. The molecule has 0 saturated carbocycles. The number of phenolic OH excluding ortho intramolecular Hbond substituents is 1. The predicted molar refractivity (Wildman–Crippen MR) is 50.6 cm³/mol. The van der Waals surface area contributed by atoms with E-state index in [2.05, 4.69) is 5.32 Å². The normalized spacial score (nSPS) is 18.9. The lowest BCUT2D eigenvalue weighted by Gasteiger charge is -2.17. The number of rotatable bonds is 1. The Labute approximate surface area is 75.7 Å². The lowest BCUT2D eigenvalue weighted by Crippen LogP contribution is -2.20. The van der Waals surface area contributed by atoms with Crippen LogP contribution in [-0.4, -0.2) is 17.4 Å². The first-order valence-corrected chi connectivity index (χ1v) is 4.02. The summed E-state index contributed by atoms with van der Waals surface area (Å²) in [5, 5.41) is 12.2. The molecule has 3 heteroatoms. The maximum Gasteiger partial charge on any atom is 0.146 e. The lowest BCUT2D eigenvalue weighted by molar-refractivity contribution is -0.107. The molecule has 1 aliphatic rings. The molecular weight excluding hydrogens is 166 g/mol. The van der Waals surface area contributed by atoms with Gasteiger partial charge in [-0.05, 0) is 17.7 Å². The first-order valence-electron chi connectivity index (χ1n) is 4.02. The molecule has 66 valence electrons. The number of fused-ring (bicyclic) bond motifs is 1. The second-order valence-electron chi connectivity index (χ2n) is 2.94.